The Labute approximate surface area is 166 Å². The number of carbonyl (C=O) groups excluding carboxylic acids is 1. The number of thiazole rings is 1. The molecule has 2 aromatic carbocycles. The van der Waals surface area contributed by atoms with E-state index in [1.807, 2.05) is 37.3 Å². The molecule has 7 heteroatoms. The first-order chi connectivity index (χ1) is 13.6. The van der Waals surface area contributed by atoms with Gasteiger partial charge < -0.3 is 14.8 Å². The molecule has 0 radical (unpaired) electrons. The average Bonchev–Trinajstić information content (AvgIpc) is 3.10. The van der Waals surface area contributed by atoms with E-state index in [2.05, 4.69) is 10.3 Å². The molecular formula is C21H19FN2O3S. The number of rotatable bonds is 5. The Morgan fingerprint density at radius 1 is 1.29 bits per heavy atom. The van der Waals surface area contributed by atoms with Gasteiger partial charge in [0.2, 0.25) is 0 Å². The lowest BCUT2D eigenvalue weighted by Crippen LogP contribution is -2.26. The van der Waals surface area contributed by atoms with E-state index < -0.39 is 0 Å². The van der Waals surface area contributed by atoms with Crippen LogP contribution in [-0.4, -0.2) is 24.2 Å². The van der Waals surface area contributed by atoms with Gasteiger partial charge in [-0.2, -0.15) is 0 Å². The monoisotopic (exact) mass is 398 g/mol. The zero-order valence-corrected chi connectivity index (χ0v) is 16.1. The molecule has 144 valence electrons. The molecule has 0 bridgehead atoms. The SMILES string of the molecule is Cc1nc(-c2ccccc2)sc1C(=O)NCCc1cc(F)cc2c1OCOC2. The summed E-state index contributed by atoms with van der Waals surface area (Å²) in [7, 11) is 0. The predicted molar refractivity (Wildman–Crippen MR) is 105 cm³/mol. The molecule has 0 saturated carbocycles. The van der Waals surface area contributed by atoms with Crippen LogP contribution in [0.2, 0.25) is 0 Å². The van der Waals surface area contributed by atoms with Gasteiger partial charge in [-0.3, -0.25) is 4.79 Å². The van der Waals surface area contributed by atoms with Crippen LogP contribution in [0.1, 0.15) is 26.5 Å². The van der Waals surface area contributed by atoms with Crippen molar-refractivity contribution in [3.8, 4) is 16.3 Å². The highest BCUT2D eigenvalue weighted by molar-refractivity contribution is 7.17. The highest BCUT2D eigenvalue weighted by atomic mass is 32.1. The van der Waals surface area contributed by atoms with Gasteiger partial charge in [0.15, 0.2) is 6.79 Å². The first-order valence-corrected chi connectivity index (χ1v) is 9.76. The third kappa shape index (κ3) is 3.90. The molecule has 1 amide bonds. The largest absolute Gasteiger partial charge is 0.467 e. The van der Waals surface area contributed by atoms with E-state index in [-0.39, 0.29) is 18.5 Å². The minimum absolute atomic E-state index is 0.153. The molecule has 0 spiro atoms. The van der Waals surface area contributed by atoms with Crippen LogP contribution in [0.25, 0.3) is 10.6 Å². The lowest BCUT2D eigenvalue weighted by Gasteiger charge is -2.20. The molecule has 1 N–H and O–H groups in total. The Hall–Kier alpha value is -2.77. The van der Waals surface area contributed by atoms with Crippen molar-refractivity contribution in [3.05, 3.63) is 70.0 Å². The summed E-state index contributed by atoms with van der Waals surface area (Å²) in [5.74, 6) is 0.147. The quantitative estimate of drug-likeness (QED) is 0.703. The van der Waals surface area contributed by atoms with Crippen LogP contribution in [0, 0.1) is 12.7 Å². The minimum atomic E-state index is -0.333. The maximum Gasteiger partial charge on any atom is 0.263 e. The van der Waals surface area contributed by atoms with Crippen molar-refractivity contribution < 1.29 is 18.7 Å². The first-order valence-electron chi connectivity index (χ1n) is 8.94. The van der Waals surface area contributed by atoms with Gasteiger partial charge in [-0.15, -0.1) is 11.3 Å². The van der Waals surface area contributed by atoms with E-state index in [0.29, 0.717) is 41.5 Å². The molecule has 3 aromatic rings. The van der Waals surface area contributed by atoms with Crippen LogP contribution in [0.5, 0.6) is 5.75 Å². The Morgan fingerprint density at radius 3 is 2.93 bits per heavy atom. The second-order valence-corrected chi connectivity index (χ2v) is 7.47. The highest BCUT2D eigenvalue weighted by Gasteiger charge is 2.18. The van der Waals surface area contributed by atoms with Gasteiger partial charge >= 0.3 is 0 Å². The molecule has 0 fully saturated rings. The number of aromatic nitrogens is 1. The first kappa shape index (κ1) is 18.6. The van der Waals surface area contributed by atoms with Crippen molar-refractivity contribution in [2.75, 3.05) is 13.3 Å². The number of hydrogen-bond acceptors (Lipinski definition) is 5. The second kappa shape index (κ2) is 8.08. The molecule has 1 aliphatic heterocycles. The Bertz CT molecular complexity index is 1000. The number of ether oxygens (including phenoxy) is 2. The maximum absolute atomic E-state index is 13.8. The normalized spacial score (nSPS) is 12.9. The van der Waals surface area contributed by atoms with E-state index in [1.54, 1.807) is 0 Å². The number of halogens is 1. The molecule has 0 aliphatic carbocycles. The zero-order valence-electron chi connectivity index (χ0n) is 15.3. The van der Waals surface area contributed by atoms with E-state index in [1.165, 1.54) is 23.5 Å². The summed E-state index contributed by atoms with van der Waals surface area (Å²) in [6, 6.07) is 12.6. The number of nitrogens with zero attached hydrogens (tertiary/aromatic N) is 1. The zero-order chi connectivity index (χ0) is 19.5. The van der Waals surface area contributed by atoms with Gasteiger partial charge in [-0.25, -0.2) is 9.37 Å². The molecule has 0 unspecified atom stereocenters. The highest BCUT2D eigenvalue weighted by Crippen LogP contribution is 2.30. The molecule has 4 rings (SSSR count). The fraction of sp³-hybridized carbons (Fsp3) is 0.238. The third-order valence-corrected chi connectivity index (χ3v) is 5.66. The molecule has 1 aromatic heterocycles. The Balaban J connectivity index is 1.43. The van der Waals surface area contributed by atoms with E-state index in [9.17, 15) is 9.18 Å². The molecule has 0 saturated heterocycles. The Morgan fingerprint density at radius 2 is 2.11 bits per heavy atom. The maximum atomic E-state index is 13.8. The summed E-state index contributed by atoms with van der Waals surface area (Å²) in [5, 5.41) is 3.72. The number of fused-ring (bicyclic) bond motifs is 1. The van der Waals surface area contributed by atoms with Crippen molar-refractivity contribution in [1.29, 1.82) is 0 Å². The number of amides is 1. The lowest BCUT2D eigenvalue weighted by atomic mass is 10.1. The molecular weight excluding hydrogens is 379 g/mol. The second-order valence-electron chi connectivity index (χ2n) is 6.47. The number of carbonyl (C=O) groups is 1. The van der Waals surface area contributed by atoms with Crippen molar-refractivity contribution in [3.63, 3.8) is 0 Å². The van der Waals surface area contributed by atoms with Crippen LogP contribution in [0.3, 0.4) is 0 Å². The summed E-state index contributed by atoms with van der Waals surface area (Å²) in [5.41, 5.74) is 3.10. The molecule has 1 aliphatic rings. The van der Waals surface area contributed by atoms with Crippen LogP contribution in [0.15, 0.2) is 42.5 Å². The average molecular weight is 398 g/mol. The summed E-state index contributed by atoms with van der Waals surface area (Å²) >= 11 is 1.37. The number of aryl methyl sites for hydroxylation is 1. The third-order valence-electron chi connectivity index (χ3n) is 4.46. The predicted octanol–water partition coefficient (Wildman–Crippen LogP) is 4.10. The van der Waals surface area contributed by atoms with Gasteiger partial charge in [-0.1, -0.05) is 30.3 Å². The lowest BCUT2D eigenvalue weighted by molar-refractivity contribution is -0.0172. The van der Waals surface area contributed by atoms with Crippen molar-refractivity contribution >= 4 is 17.2 Å². The van der Waals surface area contributed by atoms with Crippen LogP contribution in [0.4, 0.5) is 4.39 Å². The minimum Gasteiger partial charge on any atom is -0.467 e. The number of hydrogen-bond donors (Lipinski definition) is 1. The van der Waals surface area contributed by atoms with Crippen LogP contribution in [-0.2, 0) is 17.8 Å². The van der Waals surface area contributed by atoms with E-state index >= 15 is 0 Å². The standard InChI is InChI=1S/C21H19FN2O3S/c1-13-19(28-21(24-13)14-5-3-2-4-6-14)20(25)23-8-7-15-9-17(22)10-16-11-26-12-27-18(15)16/h2-6,9-10H,7-8,11-12H2,1H3,(H,23,25). The number of nitrogens with one attached hydrogen (secondary N) is 1. The van der Waals surface area contributed by atoms with Gasteiger partial charge in [0.05, 0.1) is 12.3 Å². The van der Waals surface area contributed by atoms with Gasteiger partial charge in [0, 0.05) is 17.7 Å². The Kier molecular flexibility index (Phi) is 5.36. The van der Waals surface area contributed by atoms with Gasteiger partial charge in [0.25, 0.3) is 5.91 Å². The summed E-state index contributed by atoms with van der Waals surface area (Å²) in [6.07, 6.45) is 0.467. The van der Waals surface area contributed by atoms with Crippen molar-refractivity contribution in [2.24, 2.45) is 0 Å². The fourth-order valence-electron chi connectivity index (χ4n) is 3.14. The van der Waals surface area contributed by atoms with Crippen LogP contribution < -0.4 is 10.1 Å². The molecule has 5 nitrogen and oxygen atoms in total. The number of benzene rings is 2. The topological polar surface area (TPSA) is 60.5 Å². The van der Waals surface area contributed by atoms with Crippen molar-refractivity contribution in [2.45, 2.75) is 20.0 Å². The molecule has 2 heterocycles. The summed E-state index contributed by atoms with van der Waals surface area (Å²) in [6.45, 7) is 2.68. The fourth-order valence-corrected chi connectivity index (χ4v) is 4.13. The molecule has 28 heavy (non-hydrogen) atoms. The molecule has 0 atom stereocenters. The van der Waals surface area contributed by atoms with E-state index in [0.717, 1.165) is 16.1 Å². The van der Waals surface area contributed by atoms with Gasteiger partial charge in [-0.05, 0) is 31.0 Å². The van der Waals surface area contributed by atoms with Gasteiger partial charge in [0.1, 0.15) is 21.5 Å². The summed E-state index contributed by atoms with van der Waals surface area (Å²) in [4.78, 5) is 17.7. The van der Waals surface area contributed by atoms with Crippen molar-refractivity contribution in [1.82, 2.24) is 10.3 Å². The van der Waals surface area contributed by atoms with Crippen LogP contribution >= 0.6 is 11.3 Å². The smallest absolute Gasteiger partial charge is 0.263 e. The van der Waals surface area contributed by atoms with E-state index in [4.69, 9.17) is 9.47 Å². The summed E-state index contributed by atoms with van der Waals surface area (Å²) < 4.78 is 24.5.